The highest BCUT2D eigenvalue weighted by atomic mass is 16.5. The first kappa shape index (κ1) is 18.6. The van der Waals surface area contributed by atoms with Gasteiger partial charge < -0.3 is 14.2 Å². The van der Waals surface area contributed by atoms with E-state index in [0.717, 1.165) is 49.1 Å². The largest absolute Gasteiger partial charge is 0.378 e. The van der Waals surface area contributed by atoms with E-state index in [2.05, 4.69) is 15.0 Å². The molecule has 0 radical (unpaired) electrons. The van der Waals surface area contributed by atoms with E-state index < -0.39 is 0 Å². The van der Waals surface area contributed by atoms with Gasteiger partial charge >= 0.3 is 0 Å². The van der Waals surface area contributed by atoms with Gasteiger partial charge in [0, 0.05) is 32.6 Å². The summed E-state index contributed by atoms with van der Waals surface area (Å²) in [7, 11) is 1.84. The molecule has 1 fully saturated rings. The molecule has 1 saturated heterocycles. The Bertz CT molecular complexity index is 934. The smallest absolute Gasteiger partial charge is 0.255 e. The quantitative estimate of drug-likeness (QED) is 0.631. The Morgan fingerprint density at radius 3 is 3.04 bits per heavy atom. The predicted molar refractivity (Wildman–Crippen MR) is 106 cm³/mol. The van der Waals surface area contributed by atoms with Crippen molar-refractivity contribution in [2.45, 2.75) is 38.3 Å². The van der Waals surface area contributed by atoms with Gasteiger partial charge in [0.1, 0.15) is 5.52 Å². The fourth-order valence-corrected chi connectivity index (χ4v) is 3.60. The third-order valence-electron chi connectivity index (χ3n) is 5.15. The topological polar surface area (TPSA) is 73.1 Å². The molecule has 0 saturated carbocycles. The maximum absolute atomic E-state index is 12.7. The average molecular weight is 379 g/mol. The van der Waals surface area contributed by atoms with Gasteiger partial charge in [-0.2, -0.15) is 0 Å². The van der Waals surface area contributed by atoms with Crippen molar-refractivity contribution in [1.29, 1.82) is 0 Å². The Kier molecular flexibility index (Phi) is 5.62. The van der Waals surface area contributed by atoms with Crippen molar-refractivity contribution in [2.75, 3.05) is 20.2 Å². The molecule has 146 valence electrons. The minimum atomic E-state index is -0.0268. The Morgan fingerprint density at radius 1 is 1.32 bits per heavy atom. The van der Waals surface area contributed by atoms with E-state index in [1.54, 1.807) is 23.6 Å². The lowest BCUT2D eigenvalue weighted by atomic mass is 10.1. The molecule has 0 aliphatic carbocycles. The lowest BCUT2D eigenvalue weighted by molar-refractivity contribution is 0.0763. The minimum Gasteiger partial charge on any atom is -0.378 e. The molecule has 1 aliphatic heterocycles. The number of fused-ring (bicyclic) bond motifs is 1. The molecule has 0 N–H and O–H groups in total. The van der Waals surface area contributed by atoms with Gasteiger partial charge in [-0.25, -0.2) is 9.97 Å². The molecule has 1 aliphatic rings. The monoisotopic (exact) mass is 379 g/mol. The second-order valence-corrected chi connectivity index (χ2v) is 7.26. The number of imidazole rings is 1. The van der Waals surface area contributed by atoms with E-state index in [4.69, 9.17) is 4.74 Å². The lowest BCUT2D eigenvalue weighted by Gasteiger charge is -2.18. The summed E-state index contributed by atoms with van der Waals surface area (Å²) in [5.41, 5.74) is 2.97. The number of aromatic nitrogens is 4. The molecule has 28 heavy (non-hydrogen) atoms. The number of amides is 1. The van der Waals surface area contributed by atoms with Gasteiger partial charge in [-0.05, 0) is 43.9 Å². The van der Waals surface area contributed by atoms with Crippen LogP contribution in [0.2, 0.25) is 0 Å². The SMILES string of the molecule is CN(CCCC1CCCO1)C(=O)c1cnc2c(c1)ncn2Cc1ccccn1. The maximum Gasteiger partial charge on any atom is 0.255 e. The van der Waals surface area contributed by atoms with E-state index in [-0.39, 0.29) is 5.91 Å². The molecule has 7 nitrogen and oxygen atoms in total. The number of hydrogen-bond acceptors (Lipinski definition) is 5. The molecule has 1 atom stereocenters. The van der Waals surface area contributed by atoms with E-state index >= 15 is 0 Å². The molecule has 3 aromatic rings. The first-order valence-electron chi connectivity index (χ1n) is 9.78. The molecule has 1 unspecified atom stereocenters. The molecule has 7 heteroatoms. The van der Waals surface area contributed by atoms with Crippen LogP contribution in [-0.4, -0.2) is 56.6 Å². The number of ether oxygens (including phenoxy) is 1. The summed E-state index contributed by atoms with van der Waals surface area (Å²) in [6.07, 6.45) is 9.76. The highest BCUT2D eigenvalue weighted by Gasteiger charge is 2.17. The van der Waals surface area contributed by atoms with Crippen LogP contribution < -0.4 is 0 Å². The van der Waals surface area contributed by atoms with Gasteiger partial charge in [0.05, 0.1) is 30.2 Å². The molecule has 0 aromatic carbocycles. The molecule has 4 heterocycles. The molecular formula is C21H25N5O2. The number of carbonyl (C=O) groups is 1. The number of hydrogen-bond donors (Lipinski definition) is 0. The van der Waals surface area contributed by atoms with Crippen LogP contribution in [0.15, 0.2) is 43.0 Å². The molecule has 0 spiro atoms. The van der Waals surface area contributed by atoms with Gasteiger partial charge in [-0.15, -0.1) is 0 Å². The van der Waals surface area contributed by atoms with Gasteiger partial charge in [0.2, 0.25) is 0 Å². The summed E-state index contributed by atoms with van der Waals surface area (Å²) in [4.78, 5) is 27.7. The third-order valence-corrected chi connectivity index (χ3v) is 5.15. The normalized spacial score (nSPS) is 16.5. The van der Waals surface area contributed by atoms with Crippen LogP contribution in [0.4, 0.5) is 0 Å². The Hall–Kier alpha value is -2.80. The number of rotatable bonds is 7. The van der Waals surface area contributed by atoms with Gasteiger partial charge in [0.25, 0.3) is 5.91 Å². The molecule has 4 rings (SSSR count). The second-order valence-electron chi connectivity index (χ2n) is 7.26. The first-order valence-corrected chi connectivity index (χ1v) is 9.78. The van der Waals surface area contributed by atoms with Crippen LogP contribution in [0.1, 0.15) is 41.7 Å². The van der Waals surface area contributed by atoms with E-state index in [1.165, 1.54) is 0 Å². The highest BCUT2D eigenvalue weighted by Crippen LogP contribution is 2.18. The molecule has 1 amide bonds. The van der Waals surface area contributed by atoms with Crippen LogP contribution in [-0.2, 0) is 11.3 Å². The standard InChI is InChI=1S/C21H25N5O2/c1-25(10-4-7-18-8-5-11-28-18)21(27)16-12-19-20(23-13-16)26(15-24-19)14-17-6-2-3-9-22-17/h2-3,6,9,12-13,15,18H,4-5,7-8,10-11,14H2,1H3. The maximum atomic E-state index is 12.7. The predicted octanol–water partition coefficient (Wildman–Crippen LogP) is 2.91. The van der Waals surface area contributed by atoms with Crippen molar-refractivity contribution >= 4 is 17.1 Å². The zero-order valence-electron chi connectivity index (χ0n) is 16.1. The molecular weight excluding hydrogens is 354 g/mol. The summed E-state index contributed by atoms with van der Waals surface area (Å²) in [5.74, 6) is -0.0268. The zero-order valence-corrected chi connectivity index (χ0v) is 16.1. The number of carbonyl (C=O) groups excluding carboxylic acids is 1. The van der Waals surface area contributed by atoms with Crippen LogP contribution in [0.25, 0.3) is 11.2 Å². The Balaban J connectivity index is 1.40. The van der Waals surface area contributed by atoms with Crippen LogP contribution in [0, 0.1) is 0 Å². The van der Waals surface area contributed by atoms with Crippen LogP contribution in [0.3, 0.4) is 0 Å². The fourth-order valence-electron chi connectivity index (χ4n) is 3.60. The highest BCUT2D eigenvalue weighted by molar-refractivity contribution is 5.96. The van der Waals surface area contributed by atoms with Crippen molar-refractivity contribution in [2.24, 2.45) is 0 Å². The van der Waals surface area contributed by atoms with Crippen LogP contribution >= 0.6 is 0 Å². The van der Waals surface area contributed by atoms with Gasteiger partial charge in [-0.3, -0.25) is 9.78 Å². The summed E-state index contributed by atoms with van der Waals surface area (Å²) in [6.45, 7) is 2.18. The van der Waals surface area contributed by atoms with E-state index in [0.29, 0.717) is 24.8 Å². The van der Waals surface area contributed by atoms with Crippen molar-refractivity contribution in [3.63, 3.8) is 0 Å². The van der Waals surface area contributed by atoms with Crippen molar-refractivity contribution in [3.05, 3.63) is 54.2 Å². The Morgan fingerprint density at radius 2 is 2.25 bits per heavy atom. The molecule has 3 aromatic heterocycles. The van der Waals surface area contributed by atoms with Crippen molar-refractivity contribution in [1.82, 2.24) is 24.4 Å². The summed E-state index contributed by atoms with van der Waals surface area (Å²) in [6, 6.07) is 7.63. The van der Waals surface area contributed by atoms with Gasteiger partial charge in [0.15, 0.2) is 5.65 Å². The number of nitrogens with zero attached hydrogens (tertiary/aromatic N) is 5. The first-order chi connectivity index (χ1) is 13.7. The average Bonchev–Trinajstić information content (AvgIpc) is 3.38. The van der Waals surface area contributed by atoms with Crippen molar-refractivity contribution in [3.8, 4) is 0 Å². The second kappa shape index (κ2) is 8.48. The Labute approximate surface area is 164 Å². The van der Waals surface area contributed by atoms with E-state index in [9.17, 15) is 4.79 Å². The number of pyridine rings is 2. The molecule has 0 bridgehead atoms. The zero-order chi connectivity index (χ0) is 19.3. The fraction of sp³-hybridized carbons (Fsp3) is 0.429. The minimum absolute atomic E-state index is 0.0268. The summed E-state index contributed by atoms with van der Waals surface area (Å²) >= 11 is 0. The van der Waals surface area contributed by atoms with E-state index in [1.807, 2.05) is 35.9 Å². The summed E-state index contributed by atoms with van der Waals surface area (Å²) < 4.78 is 7.59. The third kappa shape index (κ3) is 4.20. The van der Waals surface area contributed by atoms with Crippen molar-refractivity contribution < 1.29 is 9.53 Å². The summed E-state index contributed by atoms with van der Waals surface area (Å²) in [5, 5.41) is 0. The van der Waals surface area contributed by atoms with Crippen LogP contribution in [0.5, 0.6) is 0 Å². The lowest BCUT2D eigenvalue weighted by Crippen LogP contribution is -2.28. The van der Waals surface area contributed by atoms with Gasteiger partial charge in [-0.1, -0.05) is 6.07 Å².